The van der Waals surface area contributed by atoms with Crippen LogP contribution in [-0.2, 0) is 6.18 Å². The van der Waals surface area contributed by atoms with Crippen LogP contribution < -0.4 is 4.74 Å². The summed E-state index contributed by atoms with van der Waals surface area (Å²) < 4.78 is 76.2. The van der Waals surface area contributed by atoms with Crippen molar-refractivity contribution in [3.63, 3.8) is 0 Å². The standard InChI is InChI=1S/C8H2BrF6IO/c9-6-4(16)1-3(7(10,11)12)2-5(6)17-8(13,14)15/h1-2H. The fraction of sp³-hybridized carbons (Fsp3) is 0.250. The number of benzene rings is 1. The van der Waals surface area contributed by atoms with Crippen LogP contribution in [0.25, 0.3) is 0 Å². The molecule has 0 heterocycles. The van der Waals surface area contributed by atoms with E-state index < -0.39 is 23.9 Å². The lowest BCUT2D eigenvalue weighted by Crippen LogP contribution is -2.18. The third-order valence-electron chi connectivity index (χ3n) is 1.55. The lowest BCUT2D eigenvalue weighted by molar-refractivity contribution is -0.275. The molecule has 96 valence electrons. The van der Waals surface area contributed by atoms with Crippen LogP contribution in [0, 0.1) is 3.57 Å². The lowest BCUT2D eigenvalue weighted by atomic mass is 10.2. The van der Waals surface area contributed by atoms with Crippen molar-refractivity contribution < 1.29 is 31.1 Å². The summed E-state index contributed by atoms with van der Waals surface area (Å²) in [4.78, 5) is 0. The summed E-state index contributed by atoms with van der Waals surface area (Å²) in [5.74, 6) is -0.920. The van der Waals surface area contributed by atoms with Gasteiger partial charge in [0.05, 0.1) is 10.0 Å². The highest BCUT2D eigenvalue weighted by Crippen LogP contribution is 2.39. The molecule has 1 nitrogen and oxygen atoms in total. The average Bonchev–Trinajstić information content (AvgIpc) is 2.08. The number of halogens is 8. The van der Waals surface area contributed by atoms with E-state index in [1.807, 2.05) is 0 Å². The van der Waals surface area contributed by atoms with E-state index in [1.54, 1.807) is 0 Å². The SMILES string of the molecule is FC(F)(F)Oc1cc(C(F)(F)F)cc(I)c1Br. The number of alkyl halides is 6. The normalized spacial score (nSPS) is 12.7. The summed E-state index contributed by atoms with van der Waals surface area (Å²) in [6, 6.07) is 1.01. The van der Waals surface area contributed by atoms with Gasteiger partial charge in [0.2, 0.25) is 0 Å². The second-order valence-corrected chi connectivity index (χ2v) is 4.77. The smallest absolute Gasteiger partial charge is 0.405 e. The van der Waals surface area contributed by atoms with Gasteiger partial charge in [0, 0.05) is 3.57 Å². The van der Waals surface area contributed by atoms with E-state index >= 15 is 0 Å². The van der Waals surface area contributed by atoms with Crippen LogP contribution in [0.2, 0.25) is 0 Å². The number of ether oxygens (including phenoxy) is 1. The molecule has 0 aromatic heterocycles. The Morgan fingerprint density at radius 2 is 1.59 bits per heavy atom. The highest BCUT2D eigenvalue weighted by molar-refractivity contribution is 14.1. The van der Waals surface area contributed by atoms with Gasteiger partial charge in [-0.25, -0.2) is 0 Å². The highest BCUT2D eigenvalue weighted by Gasteiger charge is 2.36. The molecule has 0 atom stereocenters. The third kappa shape index (κ3) is 4.19. The molecule has 0 spiro atoms. The molecule has 0 bridgehead atoms. The average molecular weight is 435 g/mol. The Bertz CT molecular complexity index is 427. The fourth-order valence-corrected chi connectivity index (χ4v) is 1.84. The summed E-state index contributed by atoms with van der Waals surface area (Å²) in [7, 11) is 0. The quantitative estimate of drug-likeness (QED) is 0.448. The van der Waals surface area contributed by atoms with Crippen molar-refractivity contribution >= 4 is 38.5 Å². The molecule has 1 aromatic carbocycles. The zero-order chi connectivity index (χ0) is 13.4. The number of hydrogen-bond donors (Lipinski definition) is 0. The second-order valence-electron chi connectivity index (χ2n) is 2.82. The van der Waals surface area contributed by atoms with Crippen LogP contribution >= 0.6 is 38.5 Å². The van der Waals surface area contributed by atoms with E-state index in [1.165, 1.54) is 22.6 Å². The predicted octanol–water partition coefficient (Wildman–Crippen LogP) is 4.97. The zero-order valence-corrected chi connectivity index (χ0v) is 11.3. The van der Waals surface area contributed by atoms with Crippen LogP contribution in [0.15, 0.2) is 16.6 Å². The van der Waals surface area contributed by atoms with Gasteiger partial charge in [-0.3, -0.25) is 0 Å². The number of rotatable bonds is 1. The van der Waals surface area contributed by atoms with Gasteiger partial charge in [0.15, 0.2) is 0 Å². The Morgan fingerprint density at radius 3 is 2.00 bits per heavy atom. The molecular weight excluding hydrogens is 433 g/mol. The molecule has 0 unspecified atom stereocenters. The first kappa shape index (κ1) is 14.9. The summed E-state index contributed by atoms with van der Waals surface area (Å²) >= 11 is 4.21. The molecule has 0 radical (unpaired) electrons. The first-order valence-corrected chi connectivity index (χ1v) is 5.70. The maximum Gasteiger partial charge on any atom is 0.573 e. The van der Waals surface area contributed by atoms with Crippen molar-refractivity contribution in [2.75, 3.05) is 0 Å². The molecule has 0 saturated carbocycles. The fourth-order valence-electron chi connectivity index (χ4n) is 0.926. The van der Waals surface area contributed by atoms with Crippen molar-refractivity contribution in [2.45, 2.75) is 12.5 Å². The zero-order valence-electron chi connectivity index (χ0n) is 7.59. The minimum Gasteiger partial charge on any atom is -0.405 e. The molecule has 9 heteroatoms. The first-order valence-electron chi connectivity index (χ1n) is 3.82. The molecule has 17 heavy (non-hydrogen) atoms. The van der Waals surface area contributed by atoms with Crippen LogP contribution in [-0.4, -0.2) is 6.36 Å². The Balaban J connectivity index is 3.26. The third-order valence-corrected chi connectivity index (χ3v) is 3.96. The van der Waals surface area contributed by atoms with Gasteiger partial charge in [-0.1, -0.05) is 0 Å². The van der Waals surface area contributed by atoms with Crippen LogP contribution in [0.5, 0.6) is 5.75 Å². The molecule has 0 aliphatic rings. The van der Waals surface area contributed by atoms with Gasteiger partial charge in [0.25, 0.3) is 0 Å². The first-order chi connectivity index (χ1) is 7.50. The van der Waals surface area contributed by atoms with Crippen molar-refractivity contribution in [1.82, 2.24) is 0 Å². The molecule has 0 N–H and O–H groups in total. The molecule has 0 fully saturated rings. The monoisotopic (exact) mass is 434 g/mol. The Hall–Kier alpha value is -0.190. The van der Waals surface area contributed by atoms with E-state index in [9.17, 15) is 26.3 Å². The molecular formula is C8H2BrF6IO. The predicted molar refractivity (Wildman–Crippen MR) is 58.5 cm³/mol. The lowest BCUT2D eigenvalue weighted by Gasteiger charge is -2.14. The maximum atomic E-state index is 12.4. The summed E-state index contributed by atoms with van der Waals surface area (Å²) in [5.41, 5.74) is -1.20. The number of hydrogen-bond acceptors (Lipinski definition) is 1. The van der Waals surface area contributed by atoms with Crippen LogP contribution in [0.4, 0.5) is 26.3 Å². The second kappa shape index (κ2) is 4.82. The van der Waals surface area contributed by atoms with E-state index in [0.717, 1.165) is 0 Å². The van der Waals surface area contributed by atoms with Gasteiger partial charge in [-0.05, 0) is 50.7 Å². The van der Waals surface area contributed by atoms with Gasteiger partial charge < -0.3 is 4.74 Å². The van der Waals surface area contributed by atoms with E-state index in [4.69, 9.17) is 0 Å². The van der Waals surface area contributed by atoms with Crippen molar-refractivity contribution in [3.8, 4) is 5.75 Å². The summed E-state index contributed by atoms with van der Waals surface area (Å²) in [6.45, 7) is 0. The van der Waals surface area contributed by atoms with Crippen LogP contribution in [0.3, 0.4) is 0 Å². The van der Waals surface area contributed by atoms with Gasteiger partial charge in [0.1, 0.15) is 5.75 Å². The van der Waals surface area contributed by atoms with Crippen molar-refractivity contribution in [1.29, 1.82) is 0 Å². The van der Waals surface area contributed by atoms with Gasteiger partial charge in [-0.2, -0.15) is 13.2 Å². The molecule has 1 rings (SSSR count). The van der Waals surface area contributed by atoms with Crippen LogP contribution in [0.1, 0.15) is 5.56 Å². The van der Waals surface area contributed by atoms with Crippen molar-refractivity contribution in [3.05, 3.63) is 25.7 Å². The highest BCUT2D eigenvalue weighted by atomic mass is 127. The minimum absolute atomic E-state index is 0.0309. The molecule has 0 saturated heterocycles. The van der Waals surface area contributed by atoms with Crippen molar-refractivity contribution in [2.24, 2.45) is 0 Å². The minimum atomic E-state index is -5.05. The van der Waals surface area contributed by atoms with E-state index in [2.05, 4.69) is 20.7 Å². The van der Waals surface area contributed by atoms with Gasteiger partial charge in [-0.15, -0.1) is 13.2 Å². The van der Waals surface area contributed by atoms with Gasteiger partial charge >= 0.3 is 12.5 Å². The van der Waals surface area contributed by atoms with E-state index in [0.29, 0.717) is 12.1 Å². The Morgan fingerprint density at radius 1 is 1.06 bits per heavy atom. The topological polar surface area (TPSA) is 9.23 Å². The Kier molecular flexibility index (Phi) is 4.22. The maximum absolute atomic E-state index is 12.4. The summed E-state index contributed by atoms with van der Waals surface area (Å²) in [6.07, 6.45) is -9.78. The Labute approximate surface area is 113 Å². The molecule has 0 aliphatic heterocycles. The molecule has 1 aromatic rings. The molecule has 0 amide bonds. The molecule has 0 aliphatic carbocycles. The largest absolute Gasteiger partial charge is 0.573 e. The summed E-state index contributed by atoms with van der Waals surface area (Å²) in [5, 5.41) is 0. The van der Waals surface area contributed by atoms with E-state index in [-0.39, 0.29) is 8.04 Å².